The fraction of sp³-hybridized carbons (Fsp3) is 0.0556. The van der Waals surface area contributed by atoms with Crippen LogP contribution in [0.4, 0.5) is 17.2 Å². The number of thiocarbonyl (C=S) groups is 1. The molecule has 3 N–H and O–H groups in total. The number of nitrogens with zero attached hydrogens (tertiary/aromatic N) is 2. The van der Waals surface area contributed by atoms with Crippen molar-refractivity contribution in [1.82, 2.24) is 9.97 Å². The van der Waals surface area contributed by atoms with E-state index in [1.165, 1.54) is 31.6 Å². The highest BCUT2D eigenvalue weighted by Crippen LogP contribution is 2.25. The van der Waals surface area contributed by atoms with Crippen LogP contribution in [0.5, 0.6) is 5.88 Å². The summed E-state index contributed by atoms with van der Waals surface area (Å²) in [7, 11) is -2.42. The zero-order valence-electron chi connectivity index (χ0n) is 15.4. The Kier molecular flexibility index (Phi) is 6.93. The molecule has 1 heterocycles. The van der Waals surface area contributed by atoms with Gasteiger partial charge in [0, 0.05) is 17.4 Å². The number of nitrogens with one attached hydrogen (secondary N) is 3. The highest BCUT2D eigenvalue weighted by atomic mass is 35.5. The molecule has 8 nitrogen and oxygen atoms in total. The van der Waals surface area contributed by atoms with Crippen LogP contribution in [0, 0.1) is 0 Å². The van der Waals surface area contributed by atoms with Crippen molar-refractivity contribution >= 4 is 67.7 Å². The molecule has 0 amide bonds. The molecule has 0 saturated heterocycles. The third-order valence-electron chi connectivity index (χ3n) is 3.69. The zero-order chi connectivity index (χ0) is 21.7. The maximum Gasteiger partial charge on any atom is 0.263 e. The number of anilines is 3. The molecule has 1 aromatic heterocycles. The van der Waals surface area contributed by atoms with Crippen molar-refractivity contribution in [2.45, 2.75) is 4.90 Å². The van der Waals surface area contributed by atoms with E-state index in [1.54, 1.807) is 30.3 Å². The average molecular weight is 484 g/mol. The number of halogens is 2. The lowest BCUT2D eigenvalue weighted by molar-refractivity contribution is 0.397. The first-order valence-corrected chi connectivity index (χ1v) is 10.9. The Labute approximate surface area is 188 Å². The maximum atomic E-state index is 12.5. The average Bonchev–Trinajstić information content (AvgIpc) is 2.71. The first kappa shape index (κ1) is 22.0. The molecular weight excluding hydrogens is 469 g/mol. The number of hydrogen-bond acceptors (Lipinski definition) is 6. The zero-order valence-corrected chi connectivity index (χ0v) is 18.5. The molecule has 0 spiro atoms. The number of rotatable bonds is 6. The fourth-order valence-electron chi connectivity index (χ4n) is 2.29. The molecule has 0 saturated carbocycles. The fourth-order valence-corrected chi connectivity index (χ4v) is 3.82. The van der Waals surface area contributed by atoms with Gasteiger partial charge in [-0.25, -0.2) is 18.4 Å². The van der Waals surface area contributed by atoms with E-state index in [0.717, 1.165) is 0 Å². The second-order valence-corrected chi connectivity index (χ2v) is 8.69. The molecular formula is C18H15Cl2N5O3S2. The van der Waals surface area contributed by atoms with E-state index < -0.39 is 10.0 Å². The lowest BCUT2D eigenvalue weighted by Crippen LogP contribution is -2.19. The summed E-state index contributed by atoms with van der Waals surface area (Å²) >= 11 is 17.1. The van der Waals surface area contributed by atoms with Gasteiger partial charge in [-0.1, -0.05) is 23.2 Å². The molecule has 3 aromatic rings. The van der Waals surface area contributed by atoms with Gasteiger partial charge in [0.2, 0.25) is 5.88 Å². The van der Waals surface area contributed by atoms with Crippen molar-refractivity contribution < 1.29 is 13.2 Å². The quantitative estimate of drug-likeness (QED) is 0.443. The molecule has 30 heavy (non-hydrogen) atoms. The lowest BCUT2D eigenvalue weighted by atomic mass is 10.3. The predicted molar refractivity (Wildman–Crippen MR) is 122 cm³/mol. The molecule has 2 aromatic carbocycles. The molecule has 0 aliphatic heterocycles. The number of benzene rings is 2. The van der Waals surface area contributed by atoms with Crippen LogP contribution in [0.25, 0.3) is 0 Å². The second kappa shape index (κ2) is 9.43. The molecule has 0 aliphatic carbocycles. The first-order valence-electron chi connectivity index (χ1n) is 8.29. The number of sulfonamides is 1. The molecule has 3 rings (SSSR count). The number of methoxy groups -OCH3 is 1. The van der Waals surface area contributed by atoms with Crippen LogP contribution in [0.1, 0.15) is 0 Å². The molecule has 12 heteroatoms. The Hall–Kier alpha value is -2.66. The van der Waals surface area contributed by atoms with Gasteiger partial charge < -0.3 is 15.4 Å². The van der Waals surface area contributed by atoms with E-state index in [0.29, 0.717) is 26.5 Å². The van der Waals surface area contributed by atoms with Gasteiger partial charge in [0.25, 0.3) is 10.0 Å². The summed E-state index contributed by atoms with van der Waals surface area (Å²) in [5, 5.41) is 7.06. The highest BCUT2D eigenvalue weighted by Gasteiger charge is 2.15. The SMILES string of the molecule is COc1cc(NS(=O)(=O)c2ccc(NC(=S)Nc3ccc(Cl)c(Cl)c3)cc2)ncn1. The van der Waals surface area contributed by atoms with E-state index >= 15 is 0 Å². The molecule has 0 bridgehead atoms. The summed E-state index contributed by atoms with van der Waals surface area (Å²) in [5.74, 6) is 0.335. The minimum Gasteiger partial charge on any atom is -0.481 e. The van der Waals surface area contributed by atoms with E-state index in [1.807, 2.05) is 0 Å². The number of aromatic nitrogens is 2. The second-order valence-electron chi connectivity index (χ2n) is 5.78. The van der Waals surface area contributed by atoms with Gasteiger partial charge in [-0.3, -0.25) is 4.72 Å². The number of hydrogen-bond donors (Lipinski definition) is 3. The standard InChI is InChI=1S/C18H15Cl2N5O3S2/c1-28-17-9-16(21-10-22-17)25-30(26,27)13-5-2-11(3-6-13)23-18(29)24-12-4-7-14(19)15(20)8-12/h2-10H,1H3,(H,21,22,25)(H2,23,24,29). The molecule has 156 valence electrons. The van der Waals surface area contributed by atoms with Crippen molar-refractivity contribution in [2.24, 2.45) is 0 Å². The van der Waals surface area contributed by atoms with Gasteiger partial charge in [0.05, 0.1) is 22.1 Å². The minimum atomic E-state index is -3.84. The van der Waals surface area contributed by atoms with Crippen molar-refractivity contribution in [2.75, 3.05) is 22.5 Å². The van der Waals surface area contributed by atoms with Crippen molar-refractivity contribution in [3.63, 3.8) is 0 Å². The van der Waals surface area contributed by atoms with Crippen LogP contribution in [0.2, 0.25) is 10.0 Å². The molecule has 0 fully saturated rings. The van der Waals surface area contributed by atoms with Gasteiger partial charge in [0.15, 0.2) is 5.11 Å². The monoisotopic (exact) mass is 483 g/mol. The van der Waals surface area contributed by atoms with E-state index in [2.05, 4.69) is 25.3 Å². The van der Waals surface area contributed by atoms with Crippen LogP contribution >= 0.6 is 35.4 Å². The Bertz CT molecular complexity index is 1170. The molecule has 0 radical (unpaired) electrons. The molecule has 0 atom stereocenters. The van der Waals surface area contributed by atoms with E-state index in [4.69, 9.17) is 40.2 Å². The summed E-state index contributed by atoms with van der Waals surface area (Å²) in [6, 6.07) is 12.4. The van der Waals surface area contributed by atoms with E-state index in [-0.39, 0.29) is 16.6 Å². The van der Waals surface area contributed by atoms with Crippen LogP contribution in [0.3, 0.4) is 0 Å². The van der Waals surface area contributed by atoms with Gasteiger partial charge >= 0.3 is 0 Å². The van der Waals surface area contributed by atoms with Gasteiger partial charge in [-0.05, 0) is 54.7 Å². The minimum absolute atomic E-state index is 0.0500. The Morgan fingerprint density at radius 3 is 2.30 bits per heavy atom. The maximum absolute atomic E-state index is 12.5. The van der Waals surface area contributed by atoms with Gasteiger partial charge in [0.1, 0.15) is 12.1 Å². The van der Waals surface area contributed by atoms with Crippen molar-refractivity contribution in [1.29, 1.82) is 0 Å². The normalized spacial score (nSPS) is 10.9. The van der Waals surface area contributed by atoms with Crippen molar-refractivity contribution in [3.8, 4) is 5.88 Å². The van der Waals surface area contributed by atoms with Crippen LogP contribution in [0.15, 0.2) is 59.8 Å². The van der Waals surface area contributed by atoms with E-state index in [9.17, 15) is 8.42 Å². The molecule has 0 aliphatic rings. The third-order valence-corrected chi connectivity index (χ3v) is 6.00. The first-order chi connectivity index (χ1) is 14.3. The van der Waals surface area contributed by atoms with Crippen LogP contribution in [-0.4, -0.2) is 30.6 Å². The summed E-state index contributed by atoms with van der Waals surface area (Å²) in [6.45, 7) is 0. The largest absolute Gasteiger partial charge is 0.481 e. The summed E-state index contributed by atoms with van der Waals surface area (Å²) in [6.07, 6.45) is 1.20. The third kappa shape index (κ3) is 5.70. The van der Waals surface area contributed by atoms with Gasteiger partial charge in [-0.2, -0.15) is 0 Å². The predicted octanol–water partition coefficient (Wildman–Crippen LogP) is 4.40. The van der Waals surface area contributed by atoms with Gasteiger partial charge in [-0.15, -0.1) is 0 Å². The topological polar surface area (TPSA) is 105 Å². The highest BCUT2D eigenvalue weighted by molar-refractivity contribution is 7.92. The van der Waals surface area contributed by atoms with Crippen molar-refractivity contribution in [3.05, 3.63) is 64.9 Å². The van der Waals surface area contributed by atoms with Crippen LogP contribution in [-0.2, 0) is 10.0 Å². The summed E-state index contributed by atoms with van der Waals surface area (Å²) < 4.78 is 32.4. The number of ether oxygens (including phenoxy) is 1. The van der Waals surface area contributed by atoms with Crippen LogP contribution < -0.4 is 20.1 Å². The smallest absolute Gasteiger partial charge is 0.263 e. The molecule has 0 unspecified atom stereocenters. The Morgan fingerprint density at radius 1 is 0.967 bits per heavy atom. The lowest BCUT2D eigenvalue weighted by Gasteiger charge is -2.12. The summed E-state index contributed by atoms with van der Waals surface area (Å²) in [4.78, 5) is 7.75. The summed E-state index contributed by atoms with van der Waals surface area (Å²) in [5.41, 5.74) is 1.25. The Morgan fingerprint density at radius 2 is 1.63 bits per heavy atom. The Balaban J connectivity index is 1.66.